The number of hydrogen-bond donors (Lipinski definition) is 1. The van der Waals surface area contributed by atoms with Crippen LogP contribution in [0.4, 0.5) is 0 Å². The zero-order chi connectivity index (χ0) is 21.4. The molecule has 0 saturated carbocycles. The zero-order valence-electron chi connectivity index (χ0n) is 19.7. The van der Waals surface area contributed by atoms with Gasteiger partial charge in [0.15, 0.2) is 0 Å². The SMILES string of the molecule is CCCC(c1cc(C(C)(C)C)c(C)cc1C)c1cc(C(C)(C)C)c(O)cc1C. The normalized spacial score (nSPS) is 13.6. The number of aromatic hydroxyl groups is 1. The van der Waals surface area contributed by atoms with Gasteiger partial charge in [0, 0.05) is 5.92 Å². The van der Waals surface area contributed by atoms with Crippen molar-refractivity contribution >= 4 is 0 Å². The summed E-state index contributed by atoms with van der Waals surface area (Å²) in [6, 6.07) is 9.04. The molecule has 0 aliphatic rings. The molecule has 0 radical (unpaired) electrons. The van der Waals surface area contributed by atoms with E-state index in [-0.39, 0.29) is 10.8 Å². The molecule has 1 nitrogen and oxygen atoms in total. The number of hydrogen-bond acceptors (Lipinski definition) is 1. The lowest BCUT2D eigenvalue weighted by Gasteiger charge is -2.29. The topological polar surface area (TPSA) is 20.2 Å². The summed E-state index contributed by atoms with van der Waals surface area (Å²) in [6.07, 6.45) is 2.25. The molecule has 1 N–H and O–H groups in total. The van der Waals surface area contributed by atoms with Crippen LogP contribution in [0.1, 0.15) is 106 Å². The van der Waals surface area contributed by atoms with Gasteiger partial charge < -0.3 is 5.11 Å². The van der Waals surface area contributed by atoms with Crippen molar-refractivity contribution in [3.63, 3.8) is 0 Å². The Labute approximate surface area is 173 Å². The Bertz CT molecular complexity index is 775. The van der Waals surface area contributed by atoms with Crippen molar-refractivity contribution in [3.05, 3.63) is 63.2 Å². The second kappa shape index (κ2) is 7.93. The van der Waals surface area contributed by atoms with E-state index in [1.165, 1.54) is 33.4 Å². The Morgan fingerprint density at radius 3 is 1.64 bits per heavy atom. The van der Waals surface area contributed by atoms with Gasteiger partial charge in [0.05, 0.1) is 0 Å². The molecule has 0 saturated heterocycles. The number of rotatable bonds is 4. The number of phenolic OH excluding ortho intramolecular Hbond substituents is 1. The molecule has 0 aliphatic heterocycles. The van der Waals surface area contributed by atoms with E-state index in [0.29, 0.717) is 11.7 Å². The van der Waals surface area contributed by atoms with Crippen molar-refractivity contribution in [2.75, 3.05) is 0 Å². The molecule has 1 heteroatoms. The minimum atomic E-state index is -0.0812. The van der Waals surface area contributed by atoms with Crippen LogP contribution >= 0.6 is 0 Å². The third-order valence-electron chi connectivity index (χ3n) is 5.94. The summed E-state index contributed by atoms with van der Waals surface area (Å²) >= 11 is 0. The molecular weight excluding hydrogens is 340 g/mol. The first-order valence-corrected chi connectivity index (χ1v) is 10.7. The van der Waals surface area contributed by atoms with Crippen molar-refractivity contribution in [1.82, 2.24) is 0 Å². The summed E-state index contributed by atoms with van der Waals surface area (Å²) in [5.74, 6) is 0.772. The fourth-order valence-electron chi connectivity index (χ4n) is 4.51. The van der Waals surface area contributed by atoms with E-state index in [1.807, 2.05) is 6.07 Å². The highest BCUT2D eigenvalue weighted by molar-refractivity contribution is 5.51. The molecular formula is C27H40O. The third kappa shape index (κ3) is 4.62. The van der Waals surface area contributed by atoms with Crippen LogP contribution in [0, 0.1) is 20.8 Å². The van der Waals surface area contributed by atoms with Crippen LogP contribution in [0.25, 0.3) is 0 Å². The van der Waals surface area contributed by atoms with Gasteiger partial charge >= 0.3 is 0 Å². The molecule has 1 atom stereocenters. The molecule has 0 spiro atoms. The van der Waals surface area contributed by atoms with Gasteiger partial charge in [0.1, 0.15) is 5.75 Å². The van der Waals surface area contributed by atoms with Crippen molar-refractivity contribution in [1.29, 1.82) is 0 Å². The lowest BCUT2D eigenvalue weighted by atomic mass is 9.76. The van der Waals surface area contributed by atoms with Gasteiger partial charge in [-0.1, -0.05) is 73.1 Å². The monoisotopic (exact) mass is 380 g/mol. The van der Waals surface area contributed by atoms with Crippen molar-refractivity contribution in [2.45, 2.75) is 98.8 Å². The molecule has 0 bridgehead atoms. The molecule has 0 fully saturated rings. The fourth-order valence-corrected chi connectivity index (χ4v) is 4.51. The first-order chi connectivity index (χ1) is 12.8. The molecule has 0 amide bonds. The fraction of sp³-hybridized carbons (Fsp3) is 0.556. The van der Waals surface area contributed by atoms with Gasteiger partial charge in [-0.3, -0.25) is 0 Å². The standard InChI is InChI=1S/C27H40O/c1-11-12-20(21-15-23(26(5,6)7)19(4)13-17(21)2)22-16-24(27(8,9)10)25(28)14-18(22)3/h13-16,20,28H,11-12H2,1-10H3. The zero-order valence-corrected chi connectivity index (χ0v) is 19.7. The van der Waals surface area contributed by atoms with Gasteiger partial charge in [-0.05, 0) is 83.0 Å². The predicted molar refractivity (Wildman–Crippen MR) is 123 cm³/mol. The summed E-state index contributed by atoms with van der Waals surface area (Å²) in [4.78, 5) is 0. The van der Waals surface area contributed by atoms with Crippen LogP contribution in [-0.2, 0) is 10.8 Å². The van der Waals surface area contributed by atoms with E-state index >= 15 is 0 Å². The van der Waals surface area contributed by atoms with E-state index in [2.05, 4.69) is 87.4 Å². The van der Waals surface area contributed by atoms with Gasteiger partial charge in [-0.15, -0.1) is 0 Å². The molecule has 2 aromatic rings. The first kappa shape index (κ1) is 22.5. The molecule has 1 unspecified atom stereocenters. The molecule has 0 aliphatic carbocycles. The summed E-state index contributed by atoms with van der Waals surface area (Å²) in [6.45, 7) is 22.3. The van der Waals surface area contributed by atoms with Crippen molar-refractivity contribution < 1.29 is 5.11 Å². The maximum Gasteiger partial charge on any atom is 0.119 e. The van der Waals surface area contributed by atoms with Crippen LogP contribution in [0.2, 0.25) is 0 Å². The van der Waals surface area contributed by atoms with Crippen LogP contribution in [0.15, 0.2) is 24.3 Å². The Kier molecular flexibility index (Phi) is 6.38. The highest BCUT2D eigenvalue weighted by Gasteiger charge is 2.26. The predicted octanol–water partition coefficient (Wildman–Crippen LogP) is 7.84. The van der Waals surface area contributed by atoms with E-state index in [1.54, 1.807) is 0 Å². The molecule has 0 aromatic heterocycles. The lowest BCUT2D eigenvalue weighted by molar-refractivity contribution is 0.445. The van der Waals surface area contributed by atoms with Gasteiger partial charge in [-0.2, -0.15) is 0 Å². The number of aryl methyl sites for hydroxylation is 3. The van der Waals surface area contributed by atoms with Crippen LogP contribution in [0.3, 0.4) is 0 Å². The lowest BCUT2D eigenvalue weighted by Crippen LogP contribution is -2.16. The Morgan fingerprint density at radius 2 is 1.18 bits per heavy atom. The smallest absolute Gasteiger partial charge is 0.119 e. The average Bonchev–Trinajstić information content (AvgIpc) is 2.51. The third-order valence-corrected chi connectivity index (χ3v) is 5.94. The largest absolute Gasteiger partial charge is 0.508 e. The highest BCUT2D eigenvalue weighted by Crippen LogP contribution is 2.41. The summed E-state index contributed by atoms with van der Waals surface area (Å²) in [5.41, 5.74) is 9.24. The van der Waals surface area contributed by atoms with Crippen LogP contribution < -0.4 is 0 Å². The van der Waals surface area contributed by atoms with Crippen LogP contribution in [-0.4, -0.2) is 5.11 Å². The quantitative estimate of drug-likeness (QED) is 0.572. The maximum atomic E-state index is 10.6. The second-order valence-electron chi connectivity index (χ2n) is 10.6. The molecule has 2 rings (SSSR count). The van der Waals surface area contributed by atoms with Gasteiger partial charge in [0.2, 0.25) is 0 Å². The first-order valence-electron chi connectivity index (χ1n) is 10.7. The number of benzene rings is 2. The van der Waals surface area contributed by atoms with E-state index in [4.69, 9.17) is 0 Å². The Morgan fingerprint density at radius 1 is 0.714 bits per heavy atom. The number of phenols is 1. The Hall–Kier alpha value is -1.76. The summed E-state index contributed by atoms with van der Waals surface area (Å²) in [5, 5.41) is 10.6. The average molecular weight is 381 g/mol. The van der Waals surface area contributed by atoms with E-state index < -0.39 is 0 Å². The van der Waals surface area contributed by atoms with Crippen LogP contribution in [0.5, 0.6) is 5.75 Å². The summed E-state index contributed by atoms with van der Waals surface area (Å²) < 4.78 is 0. The van der Waals surface area contributed by atoms with E-state index in [9.17, 15) is 5.11 Å². The maximum absolute atomic E-state index is 10.6. The molecule has 2 aromatic carbocycles. The van der Waals surface area contributed by atoms with Gasteiger partial charge in [0.25, 0.3) is 0 Å². The van der Waals surface area contributed by atoms with Crippen molar-refractivity contribution in [2.24, 2.45) is 0 Å². The second-order valence-corrected chi connectivity index (χ2v) is 10.6. The molecule has 0 heterocycles. The van der Waals surface area contributed by atoms with E-state index in [0.717, 1.165) is 18.4 Å². The molecule has 28 heavy (non-hydrogen) atoms. The minimum absolute atomic E-state index is 0.0812. The summed E-state index contributed by atoms with van der Waals surface area (Å²) in [7, 11) is 0. The highest BCUT2D eigenvalue weighted by atomic mass is 16.3. The minimum Gasteiger partial charge on any atom is -0.508 e. The van der Waals surface area contributed by atoms with Gasteiger partial charge in [-0.25, -0.2) is 0 Å². The Balaban J connectivity index is 2.75. The molecule has 154 valence electrons. The van der Waals surface area contributed by atoms with Crippen molar-refractivity contribution in [3.8, 4) is 5.75 Å².